The number of ether oxygens (including phenoxy) is 3. The summed E-state index contributed by atoms with van der Waals surface area (Å²) in [6.07, 6.45) is -8.19. The number of phenolic OH excluding ortho intramolecular Hbond substituents is 2. The summed E-state index contributed by atoms with van der Waals surface area (Å²) in [5.41, 5.74) is 0.824. The van der Waals surface area contributed by atoms with Gasteiger partial charge in [-0.05, 0) is 29.8 Å². The minimum absolute atomic E-state index is 0.0159. The predicted octanol–water partition coefficient (Wildman–Crippen LogP) is -0.0170. The number of hydrogen-bond acceptors (Lipinski definition) is 10. The van der Waals surface area contributed by atoms with Crippen LogP contribution in [-0.4, -0.2) is 73.7 Å². The van der Waals surface area contributed by atoms with Crippen molar-refractivity contribution in [3.05, 3.63) is 47.5 Å². The molecule has 1 saturated heterocycles. The van der Waals surface area contributed by atoms with Gasteiger partial charge in [-0.2, -0.15) is 0 Å². The van der Waals surface area contributed by atoms with Crippen LogP contribution in [0.5, 0.6) is 23.0 Å². The molecular formula is C21H22O10. The number of ketones is 1. The van der Waals surface area contributed by atoms with Gasteiger partial charge < -0.3 is 44.8 Å². The molecule has 2 heterocycles. The van der Waals surface area contributed by atoms with Crippen molar-refractivity contribution in [3.63, 3.8) is 0 Å². The third-order valence-electron chi connectivity index (χ3n) is 5.35. The number of aliphatic hydroxyl groups is 4. The molecule has 0 bridgehead atoms. The van der Waals surface area contributed by atoms with Crippen LogP contribution in [0.3, 0.4) is 0 Å². The Hall–Kier alpha value is -2.89. The Bertz CT molecular complexity index is 975. The summed E-state index contributed by atoms with van der Waals surface area (Å²) in [4.78, 5) is 12.5. The lowest BCUT2D eigenvalue weighted by molar-refractivity contribution is -0.277. The number of Topliss-reactive ketones (excluding diaryl/α,β-unsaturated/α-hetero) is 1. The number of benzene rings is 2. The summed E-state index contributed by atoms with van der Waals surface area (Å²) in [5.74, 6) is -0.438. The predicted molar refractivity (Wildman–Crippen MR) is 103 cm³/mol. The summed E-state index contributed by atoms with van der Waals surface area (Å²) in [7, 11) is 0. The normalized spacial score (nSPS) is 30.4. The van der Waals surface area contributed by atoms with E-state index in [0.717, 1.165) is 0 Å². The molecule has 1 unspecified atom stereocenters. The number of carbonyl (C=O) groups excluding carboxylic acids is 1. The lowest BCUT2D eigenvalue weighted by Crippen LogP contribution is -2.60. The average molecular weight is 434 g/mol. The van der Waals surface area contributed by atoms with Crippen molar-refractivity contribution in [2.45, 2.75) is 43.2 Å². The number of phenols is 2. The maximum Gasteiger partial charge on any atom is 0.229 e. The molecule has 2 aromatic carbocycles. The molecule has 6 N–H and O–H groups in total. The molecule has 1 fully saturated rings. The SMILES string of the molecule is O=C1CC(c2ccc(O)c(O[C@@H]3O[C@H](CO)[C@@H](O)[C@@H](O)[C@H]3O)c2)Oc2cc(O)ccc21. The van der Waals surface area contributed by atoms with Crippen molar-refractivity contribution in [1.82, 2.24) is 0 Å². The molecule has 31 heavy (non-hydrogen) atoms. The third kappa shape index (κ3) is 4.03. The molecule has 0 spiro atoms. The van der Waals surface area contributed by atoms with Gasteiger partial charge in [0.25, 0.3) is 0 Å². The van der Waals surface area contributed by atoms with E-state index >= 15 is 0 Å². The van der Waals surface area contributed by atoms with E-state index in [0.29, 0.717) is 11.1 Å². The number of hydrogen-bond donors (Lipinski definition) is 6. The minimum Gasteiger partial charge on any atom is -0.508 e. The van der Waals surface area contributed by atoms with Gasteiger partial charge in [0, 0.05) is 6.07 Å². The van der Waals surface area contributed by atoms with Gasteiger partial charge in [-0.25, -0.2) is 0 Å². The van der Waals surface area contributed by atoms with Crippen LogP contribution in [0.1, 0.15) is 28.4 Å². The first kappa shape index (κ1) is 21.3. The molecule has 2 aliphatic rings. The zero-order valence-corrected chi connectivity index (χ0v) is 16.2. The lowest BCUT2D eigenvalue weighted by atomic mass is 9.96. The van der Waals surface area contributed by atoms with Crippen molar-refractivity contribution in [2.75, 3.05) is 6.61 Å². The highest BCUT2D eigenvalue weighted by Gasteiger charge is 2.45. The fraction of sp³-hybridized carbons (Fsp3) is 0.381. The van der Waals surface area contributed by atoms with Crippen LogP contribution in [0.2, 0.25) is 0 Å². The maximum atomic E-state index is 12.5. The Kier molecular flexibility index (Phi) is 5.73. The minimum atomic E-state index is -1.65. The Morgan fingerprint density at radius 3 is 2.52 bits per heavy atom. The Morgan fingerprint density at radius 1 is 1.00 bits per heavy atom. The van der Waals surface area contributed by atoms with Crippen LogP contribution >= 0.6 is 0 Å². The van der Waals surface area contributed by atoms with E-state index in [-0.39, 0.29) is 35.2 Å². The zero-order valence-electron chi connectivity index (χ0n) is 16.2. The van der Waals surface area contributed by atoms with Crippen LogP contribution in [0.15, 0.2) is 36.4 Å². The van der Waals surface area contributed by atoms with E-state index in [9.17, 15) is 35.4 Å². The first-order valence-corrected chi connectivity index (χ1v) is 9.61. The average Bonchev–Trinajstić information content (AvgIpc) is 2.75. The zero-order chi connectivity index (χ0) is 22.3. The topological polar surface area (TPSA) is 166 Å². The highest BCUT2D eigenvalue weighted by atomic mass is 16.7. The van der Waals surface area contributed by atoms with E-state index in [2.05, 4.69) is 0 Å². The fourth-order valence-electron chi connectivity index (χ4n) is 3.61. The van der Waals surface area contributed by atoms with Gasteiger partial charge in [0.05, 0.1) is 18.6 Å². The smallest absolute Gasteiger partial charge is 0.229 e. The van der Waals surface area contributed by atoms with Gasteiger partial charge in [-0.15, -0.1) is 0 Å². The molecular weight excluding hydrogens is 412 g/mol. The molecule has 0 aromatic heterocycles. The second kappa shape index (κ2) is 8.33. The standard InChI is InChI=1S/C21H22O10/c22-8-17-18(26)19(27)20(28)21(31-17)30-16-5-9(1-4-12(16)24)14-7-13(25)11-3-2-10(23)6-15(11)29-14/h1-6,14,17-24,26-28H,7-8H2/t14?,17-,18-,19-,20-,21-/m1/s1. The second-order valence-corrected chi connectivity index (χ2v) is 7.46. The fourth-order valence-corrected chi connectivity index (χ4v) is 3.61. The number of aliphatic hydroxyl groups excluding tert-OH is 4. The third-order valence-corrected chi connectivity index (χ3v) is 5.35. The van der Waals surface area contributed by atoms with E-state index in [1.807, 2.05) is 0 Å². The molecule has 4 rings (SSSR count). The van der Waals surface area contributed by atoms with E-state index in [1.165, 1.54) is 36.4 Å². The summed E-state index contributed by atoms with van der Waals surface area (Å²) >= 11 is 0. The first-order chi connectivity index (χ1) is 14.8. The highest BCUT2D eigenvalue weighted by molar-refractivity contribution is 6.00. The number of rotatable bonds is 4. The monoisotopic (exact) mass is 434 g/mol. The van der Waals surface area contributed by atoms with Crippen LogP contribution in [-0.2, 0) is 4.74 Å². The molecule has 2 aliphatic heterocycles. The Labute approximate surface area is 176 Å². The van der Waals surface area contributed by atoms with Gasteiger partial charge in [-0.3, -0.25) is 4.79 Å². The largest absolute Gasteiger partial charge is 0.508 e. The maximum absolute atomic E-state index is 12.5. The number of fused-ring (bicyclic) bond motifs is 1. The summed E-state index contributed by atoms with van der Waals surface area (Å²) in [6.45, 7) is -0.624. The van der Waals surface area contributed by atoms with Crippen LogP contribution in [0.4, 0.5) is 0 Å². The number of carbonyl (C=O) groups is 1. The van der Waals surface area contributed by atoms with E-state index in [4.69, 9.17) is 14.2 Å². The van der Waals surface area contributed by atoms with Crippen LogP contribution < -0.4 is 9.47 Å². The van der Waals surface area contributed by atoms with Gasteiger partial charge in [0.2, 0.25) is 6.29 Å². The molecule has 0 aliphatic carbocycles. The van der Waals surface area contributed by atoms with Crippen molar-refractivity contribution in [3.8, 4) is 23.0 Å². The van der Waals surface area contributed by atoms with Crippen molar-refractivity contribution >= 4 is 5.78 Å². The first-order valence-electron chi connectivity index (χ1n) is 9.61. The Balaban J connectivity index is 1.57. The quantitative estimate of drug-likeness (QED) is 0.385. The molecule has 6 atom stereocenters. The molecule has 0 saturated carbocycles. The van der Waals surface area contributed by atoms with Gasteiger partial charge in [0.1, 0.15) is 42.0 Å². The highest BCUT2D eigenvalue weighted by Crippen LogP contribution is 2.39. The molecule has 0 amide bonds. The van der Waals surface area contributed by atoms with Gasteiger partial charge in [0.15, 0.2) is 17.3 Å². The molecule has 0 radical (unpaired) electrons. The molecule has 10 nitrogen and oxygen atoms in total. The van der Waals surface area contributed by atoms with Crippen molar-refractivity contribution in [2.24, 2.45) is 0 Å². The van der Waals surface area contributed by atoms with Crippen molar-refractivity contribution in [1.29, 1.82) is 0 Å². The van der Waals surface area contributed by atoms with Crippen LogP contribution in [0, 0.1) is 0 Å². The molecule has 10 heteroatoms. The number of aromatic hydroxyl groups is 2. The second-order valence-electron chi connectivity index (χ2n) is 7.46. The van der Waals surface area contributed by atoms with E-state index < -0.39 is 43.4 Å². The summed E-state index contributed by atoms with van der Waals surface area (Å²) < 4.78 is 16.6. The Morgan fingerprint density at radius 2 is 1.77 bits per heavy atom. The van der Waals surface area contributed by atoms with Crippen molar-refractivity contribution < 1.29 is 49.6 Å². The molecule has 2 aromatic rings. The van der Waals surface area contributed by atoms with E-state index in [1.54, 1.807) is 0 Å². The lowest BCUT2D eigenvalue weighted by Gasteiger charge is -2.39. The van der Waals surface area contributed by atoms with Crippen LogP contribution in [0.25, 0.3) is 0 Å². The van der Waals surface area contributed by atoms with Gasteiger partial charge in [-0.1, -0.05) is 6.07 Å². The van der Waals surface area contributed by atoms with Gasteiger partial charge >= 0.3 is 0 Å². The summed E-state index contributed by atoms with van der Waals surface area (Å²) in [6, 6.07) is 8.44. The molecule has 166 valence electrons. The summed E-state index contributed by atoms with van der Waals surface area (Å²) in [5, 5.41) is 59.1.